The Bertz CT molecular complexity index is 393. The zero-order chi connectivity index (χ0) is 14.1. The highest BCUT2D eigenvalue weighted by Gasteiger charge is 2.07. The molecule has 0 saturated carbocycles. The number of methoxy groups -OCH3 is 1. The molecule has 0 heterocycles. The van der Waals surface area contributed by atoms with E-state index in [1.807, 2.05) is 0 Å². The zero-order valence-electron chi connectivity index (χ0n) is 10.8. The maximum atomic E-state index is 13.3. The van der Waals surface area contributed by atoms with Crippen molar-refractivity contribution in [3.63, 3.8) is 0 Å². The van der Waals surface area contributed by atoms with Crippen molar-refractivity contribution in [3.8, 4) is 0 Å². The normalized spacial score (nSPS) is 10.5. The van der Waals surface area contributed by atoms with Gasteiger partial charge in [-0.25, -0.2) is 8.78 Å². The summed E-state index contributed by atoms with van der Waals surface area (Å²) >= 11 is 0. The van der Waals surface area contributed by atoms with Crippen LogP contribution in [0.1, 0.15) is 12.0 Å². The van der Waals surface area contributed by atoms with Crippen LogP contribution in [-0.2, 0) is 16.1 Å². The topological polar surface area (TPSA) is 50.4 Å². The third-order valence-corrected chi connectivity index (χ3v) is 2.52. The molecule has 0 fully saturated rings. The maximum absolute atomic E-state index is 13.3. The molecular weight excluding hydrogens is 254 g/mol. The first kappa shape index (κ1) is 15.5. The summed E-state index contributed by atoms with van der Waals surface area (Å²) in [6, 6.07) is 3.73. The Labute approximate surface area is 111 Å². The maximum Gasteiger partial charge on any atom is 0.221 e. The van der Waals surface area contributed by atoms with E-state index < -0.39 is 11.6 Å². The molecule has 19 heavy (non-hydrogen) atoms. The molecule has 2 N–H and O–H groups in total. The number of hydrogen-bond acceptors (Lipinski definition) is 3. The predicted molar refractivity (Wildman–Crippen MR) is 67.6 cm³/mol. The summed E-state index contributed by atoms with van der Waals surface area (Å²) in [6.07, 6.45) is 0.250. The minimum atomic E-state index is -0.586. The van der Waals surface area contributed by atoms with E-state index in [0.29, 0.717) is 19.7 Å². The van der Waals surface area contributed by atoms with Crippen molar-refractivity contribution >= 4 is 5.91 Å². The first-order chi connectivity index (χ1) is 9.15. The lowest BCUT2D eigenvalue weighted by atomic mass is 10.2. The van der Waals surface area contributed by atoms with Gasteiger partial charge in [-0.3, -0.25) is 4.79 Å². The van der Waals surface area contributed by atoms with Crippen molar-refractivity contribution < 1.29 is 18.3 Å². The van der Waals surface area contributed by atoms with Crippen molar-refractivity contribution in [2.45, 2.75) is 13.0 Å². The summed E-state index contributed by atoms with van der Waals surface area (Å²) in [5, 5.41) is 5.49. The molecule has 106 valence electrons. The highest BCUT2D eigenvalue weighted by atomic mass is 19.1. The Balaban J connectivity index is 2.22. The third-order valence-electron chi connectivity index (χ3n) is 2.52. The molecule has 0 unspecified atom stereocenters. The quantitative estimate of drug-likeness (QED) is 0.699. The fourth-order valence-corrected chi connectivity index (χ4v) is 1.50. The van der Waals surface area contributed by atoms with Crippen LogP contribution in [0.2, 0.25) is 0 Å². The van der Waals surface area contributed by atoms with E-state index in [4.69, 9.17) is 4.74 Å². The highest BCUT2D eigenvalue weighted by molar-refractivity contribution is 5.76. The lowest BCUT2D eigenvalue weighted by Gasteiger charge is -2.07. The van der Waals surface area contributed by atoms with E-state index in [9.17, 15) is 13.6 Å². The molecule has 0 atom stereocenters. The van der Waals surface area contributed by atoms with E-state index in [1.165, 1.54) is 18.2 Å². The van der Waals surface area contributed by atoms with Gasteiger partial charge in [0.15, 0.2) is 0 Å². The third kappa shape index (κ3) is 5.76. The second-order valence-corrected chi connectivity index (χ2v) is 3.97. The first-order valence-corrected chi connectivity index (χ1v) is 6.04. The van der Waals surface area contributed by atoms with Gasteiger partial charge in [-0.2, -0.15) is 0 Å². The van der Waals surface area contributed by atoms with Gasteiger partial charge in [0.1, 0.15) is 11.6 Å². The van der Waals surface area contributed by atoms with Gasteiger partial charge < -0.3 is 15.4 Å². The molecule has 1 aromatic rings. The van der Waals surface area contributed by atoms with Crippen LogP contribution >= 0.6 is 0 Å². The fraction of sp³-hybridized carbons (Fsp3) is 0.462. The Morgan fingerprint density at radius 3 is 2.58 bits per heavy atom. The van der Waals surface area contributed by atoms with Crippen LogP contribution in [0.5, 0.6) is 0 Å². The van der Waals surface area contributed by atoms with Gasteiger partial charge >= 0.3 is 0 Å². The van der Waals surface area contributed by atoms with Gasteiger partial charge in [0.2, 0.25) is 5.91 Å². The Morgan fingerprint density at radius 2 is 1.95 bits per heavy atom. The number of rotatable bonds is 8. The Hall–Kier alpha value is -1.53. The van der Waals surface area contributed by atoms with Crippen LogP contribution in [-0.4, -0.2) is 32.7 Å². The van der Waals surface area contributed by atoms with Crippen molar-refractivity contribution in [1.29, 1.82) is 0 Å². The van der Waals surface area contributed by atoms with E-state index in [-0.39, 0.29) is 24.4 Å². The molecule has 0 aliphatic carbocycles. The summed E-state index contributed by atoms with van der Waals surface area (Å²) in [5.74, 6) is -1.30. The molecular formula is C13H18F2N2O2. The summed E-state index contributed by atoms with van der Waals surface area (Å²) in [7, 11) is 1.55. The number of ether oxygens (including phenoxy) is 1. The van der Waals surface area contributed by atoms with Crippen LogP contribution in [0.4, 0.5) is 8.78 Å². The van der Waals surface area contributed by atoms with Crippen LogP contribution < -0.4 is 10.6 Å². The smallest absolute Gasteiger partial charge is 0.221 e. The van der Waals surface area contributed by atoms with Gasteiger partial charge in [0, 0.05) is 38.7 Å². The molecule has 0 saturated heterocycles. The number of halogens is 2. The van der Waals surface area contributed by atoms with Crippen LogP contribution in [0, 0.1) is 11.6 Å². The zero-order valence-corrected chi connectivity index (χ0v) is 10.8. The van der Waals surface area contributed by atoms with E-state index in [0.717, 1.165) is 0 Å². The standard InChI is InChI=1S/C13H18F2N2O2/c1-19-8-7-17-13(18)5-6-16-9-10-11(14)3-2-4-12(10)15/h2-4,16H,5-9H2,1H3,(H,17,18). The lowest BCUT2D eigenvalue weighted by Crippen LogP contribution is -2.30. The van der Waals surface area contributed by atoms with Crippen LogP contribution in [0.15, 0.2) is 18.2 Å². The van der Waals surface area contributed by atoms with Gasteiger partial charge in [-0.05, 0) is 12.1 Å². The van der Waals surface area contributed by atoms with Gasteiger partial charge in [0.25, 0.3) is 0 Å². The average Bonchev–Trinajstić information content (AvgIpc) is 2.37. The van der Waals surface area contributed by atoms with E-state index in [1.54, 1.807) is 7.11 Å². The van der Waals surface area contributed by atoms with Crippen molar-refractivity contribution in [1.82, 2.24) is 10.6 Å². The molecule has 0 radical (unpaired) electrons. The predicted octanol–water partition coefficient (Wildman–Crippen LogP) is 1.21. The second kappa shape index (κ2) is 8.55. The fourth-order valence-electron chi connectivity index (χ4n) is 1.50. The number of nitrogens with one attached hydrogen (secondary N) is 2. The molecule has 0 bridgehead atoms. The summed E-state index contributed by atoms with van der Waals surface area (Å²) in [5.41, 5.74) is -0.0118. The molecule has 1 aromatic carbocycles. The van der Waals surface area contributed by atoms with Gasteiger partial charge in [-0.1, -0.05) is 6.07 Å². The SMILES string of the molecule is COCCNC(=O)CCNCc1c(F)cccc1F. The summed E-state index contributed by atoms with van der Waals surface area (Å²) < 4.78 is 31.3. The Morgan fingerprint density at radius 1 is 1.26 bits per heavy atom. The molecule has 6 heteroatoms. The molecule has 0 spiro atoms. The molecule has 0 aliphatic heterocycles. The van der Waals surface area contributed by atoms with Crippen molar-refractivity contribution in [2.24, 2.45) is 0 Å². The van der Waals surface area contributed by atoms with E-state index >= 15 is 0 Å². The van der Waals surface area contributed by atoms with E-state index in [2.05, 4.69) is 10.6 Å². The van der Waals surface area contributed by atoms with Crippen LogP contribution in [0.3, 0.4) is 0 Å². The number of amides is 1. The summed E-state index contributed by atoms with van der Waals surface area (Å²) in [4.78, 5) is 11.3. The summed E-state index contributed by atoms with van der Waals surface area (Å²) in [6.45, 7) is 1.33. The molecule has 4 nitrogen and oxygen atoms in total. The first-order valence-electron chi connectivity index (χ1n) is 6.04. The minimum absolute atomic E-state index is 0.0118. The minimum Gasteiger partial charge on any atom is -0.383 e. The molecule has 1 rings (SSSR count). The number of carbonyl (C=O) groups is 1. The van der Waals surface area contributed by atoms with Gasteiger partial charge in [-0.15, -0.1) is 0 Å². The molecule has 0 aliphatic rings. The average molecular weight is 272 g/mol. The second-order valence-electron chi connectivity index (χ2n) is 3.97. The van der Waals surface area contributed by atoms with Crippen LogP contribution in [0.25, 0.3) is 0 Å². The highest BCUT2D eigenvalue weighted by Crippen LogP contribution is 2.11. The number of hydrogen-bond donors (Lipinski definition) is 2. The van der Waals surface area contributed by atoms with Gasteiger partial charge in [0.05, 0.1) is 6.61 Å². The number of carbonyl (C=O) groups excluding carboxylic acids is 1. The number of benzene rings is 1. The molecule has 0 aromatic heterocycles. The monoisotopic (exact) mass is 272 g/mol. The van der Waals surface area contributed by atoms with Crippen molar-refractivity contribution in [2.75, 3.05) is 26.8 Å². The van der Waals surface area contributed by atoms with Crippen molar-refractivity contribution in [3.05, 3.63) is 35.4 Å². The Kier molecular flexibility index (Phi) is 6.99. The lowest BCUT2D eigenvalue weighted by molar-refractivity contribution is -0.121. The molecule has 1 amide bonds. The largest absolute Gasteiger partial charge is 0.383 e.